The molecular weight excluding hydrogens is 328 g/mol. The van der Waals surface area contributed by atoms with Crippen LogP contribution in [0.2, 0.25) is 0 Å². The van der Waals surface area contributed by atoms with E-state index in [2.05, 4.69) is 4.98 Å². The molecule has 0 spiro atoms. The number of alkyl halides is 2. The number of fused-ring (bicyclic) bond motifs is 1. The van der Waals surface area contributed by atoms with Crippen LogP contribution in [0, 0.1) is 6.92 Å². The lowest BCUT2D eigenvalue weighted by Crippen LogP contribution is -2.09. The molecule has 1 heterocycles. The highest BCUT2D eigenvalue weighted by Crippen LogP contribution is 2.33. The third-order valence-corrected chi connectivity index (χ3v) is 4.05. The first-order chi connectivity index (χ1) is 12.0. The van der Waals surface area contributed by atoms with Crippen LogP contribution >= 0.6 is 0 Å². The smallest absolute Gasteiger partial charge is 0.272 e. The Labute approximate surface area is 142 Å². The van der Waals surface area contributed by atoms with Crippen LogP contribution in [-0.2, 0) is 6.61 Å². The zero-order valence-corrected chi connectivity index (χ0v) is 13.6. The molecule has 0 amide bonds. The number of hydrogen-bond acceptors (Lipinski definition) is 3. The minimum absolute atomic E-state index is 0.132. The van der Waals surface area contributed by atoms with Crippen molar-refractivity contribution in [2.24, 2.45) is 0 Å². The Kier molecular flexibility index (Phi) is 4.81. The lowest BCUT2D eigenvalue weighted by molar-refractivity contribution is 0.0820. The molecule has 1 aromatic heterocycles. The fourth-order valence-electron chi connectivity index (χ4n) is 2.94. The van der Waals surface area contributed by atoms with Crippen molar-refractivity contribution in [3.05, 3.63) is 64.1 Å². The number of nitrogens with one attached hydrogen (secondary N) is 1. The van der Waals surface area contributed by atoms with Crippen LogP contribution in [0.15, 0.2) is 47.4 Å². The van der Waals surface area contributed by atoms with Crippen LogP contribution in [0.5, 0.6) is 5.75 Å². The lowest BCUT2D eigenvalue weighted by Gasteiger charge is -2.14. The summed E-state index contributed by atoms with van der Waals surface area (Å²) >= 11 is 0. The summed E-state index contributed by atoms with van der Waals surface area (Å²) in [7, 11) is 0. The van der Waals surface area contributed by atoms with Gasteiger partial charge in [0.2, 0.25) is 0 Å². The molecule has 0 saturated heterocycles. The van der Waals surface area contributed by atoms with Gasteiger partial charge in [-0.1, -0.05) is 18.2 Å². The maximum absolute atomic E-state index is 12.3. The van der Waals surface area contributed by atoms with Crippen molar-refractivity contribution in [1.82, 2.24) is 4.98 Å². The summed E-state index contributed by atoms with van der Waals surface area (Å²) in [6.45, 7) is 1.06. The zero-order valence-electron chi connectivity index (χ0n) is 13.6. The maximum atomic E-state index is 12.3. The number of H-pyrrole nitrogens is 1. The van der Waals surface area contributed by atoms with Gasteiger partial charge in [-0.15, -0.1) is 0 Å². The summed E-state index contributed by atoms with van der Waals surface area (Å²) in [5, 5.41) is 10.6. The van der Waals surface area contributed by atoms with E-state index in [4.69, 9.17) is 4.74 Å². The number of benzene rings is 2. The fraction of sp³-hybridized carbons (Fsp3) is 0.211. The number of aliphatic hydroxyl groups is 1. The van der Waals surface area contributed by atoms with Crippen LogP contribution in [0.25, 0.3) is 21.9 Å². The zero-order chi connectivity index (χ0) is 18.0. The van der Waals surface area contributed by atoms with Crippen molar-refractivity contribution >= 4 is 10.8 Å². The van der Waals surface area contributed by atoms with Crippen molar-refractivity contribution in [3.8, 4) is 16.9 Å². The van der Waals surface area contributed by atoms with Crippen LogP contribution in [0.1, 0.15) is 11.1 Å². The van der Waals surface area contributed by atoms with E-state index in [-0.39, 0.29) is 17.9 Å². The van der Waals surface area contributed by atoms with Gasteiger partial charge in [0.05, 0.1) is 12.0 Å². The summed E-state index contributed by atoms with van der Waals surface area (Å²) < 4.78 is 29.6. The highest BCUT2D eigenvalue weighted by molar-refractivity contribution is 5.97. The third kappa shape index (κ3) is 3.39. The number of rotatable bonds is 5. The van der Waals surface area contributed by atoms with Gasteiger partial charge in [-0.2, -0.15) is 0 Å². The number of aliphatic hydroxyl groups excluding tert-OH is 1. The number of aryl methyl sites for hydroxylation is 1. The second-order valence-electron chi connectivity index (χ2n) is 5.71. The Morgan fingerprint density at radius 1 is 1.20 bits per heavy atom. The molecule has 2 aromatic carbocycles. The number of ether oxygens (including phenoxy) is 1. The van der Waals surface area contributed by atoms with Crippen molar-refractivity contribution in [3.63, 3.8) is 0 Å². The van der Waals surface area contributed by atoms with Crippen LogP contribution in [0.3, 0.4) is 0 Å². The van der Waals surface area contributed by atoms with E-state index in [0.29, 0.717) is 10.8 Å². The summed E-state index contributed by atoms with van der Waals surface area (Å²) in [5.41, 5.74) is 2.97. The molecule has 0 aliphatic heterocycles. The number of hydrogen-bond donors (Lipinski definition) is 2. The minimum atomic E-state index is -2.58. The molecule has 0 aliphatic carbocycles. The molecule has 4 nitrogen and oxygen atoms in total. The molecule has 0 unspecified atom stereocenters. The van der Waals surface area contributed by atoms with E-state index in [1.54, 1.807) is 18.3 Å². The second kappa shape index (κ2) is 7.03. The Balaban J connectivity index is 2.19. The van der Waals surface area contributed by atoms with Gasteiger partial charge in [-0.05, 0) is 47.2 Å². The molecular formula is C19H17F2NO3. The third-order valence-electron chi connectivity index (χ3n) is 4.05. The number of aromatic amines is 1. The Bertz CT molecular complexity index is 967. The quantitative estimate of drug-likeness (QED) is 0.742. The van der Waals surface area contributed by atoms with E-state index >= 15 is 0 Å². The first-order valence-corrected chi connectivity index (χ1v) is 7.77. The average Bonchev–Trinajstić information content (AvgIpc) is 2.61. The first-order valence-electron chi connectivity index (χ1n) is 7.77. The molecule has 25 heavy (non-hydrogen) atoms. The highest BCUT2D eigenvalue weighted by atomic mass is 19.3. The number of aromatic nitrogens is 1. The van der Waals surface area contributed by atoms with Gasteiger partial charge in [0, 0.05) is 11.8 Å². The number of pyridine rings is 1. The summed E-state index contributed by atoms with van der Waals surface area (Å²) in [5.74, 6) is 0.211. The van der Waals surface area contributed by atoms with Crippen LogP contribution in [0.4, 0.5) is 8.78 Å². The Hall–Kier alpha value is -2.73. The molecule has 130 valence electrons. The largest absolute Gasteiger partial charge is 0.488 e. The van der Waals surface area contributed by atoms with E-state index in [1.165, 1.54) is 6.07 Å². The molecule has 0 aliphatic rings. The monoisotopic (exact) mass is 345 g/mol. The maximum Gasteiger partial charge on any atom is 0.272 e. The van der Waals surface area contributed by atoms with Crippen molar-refractivity contribution in [1.29, 1.82) is 0 Å². The van der Waals surface area contributed by atoms with Crippen molar-refractivity contribution in [2.75, 3.05) is 6.61 Å². The van der Waals surface area contributed by atoms with Gasteiger partial charge < -0.3 is 14.8 Å². The van der Waals surface area contributed by atoms with E-state index in [1.807, 2.05) is 25.1 Å². The molecule has 3 rings (SSSR count). The van der Waals surface area contributed by atoms with E-state index in [9.17, 15) is 18.7 Å². The first kappa shape index (κ1) is 17.1. The highest BCUT2D eigenvalue weighted by Gasteiger charge is 2.14. The van der Waals surface area contributed by atoms with Gasteiger partial charge in [0.1, 0.15) is 12.4 Å². The Morgan fingerprint density at radius 2 is 2.00 bits per heavy atom. The minimum Gasteiger partial charge on any atom is -0.488 e. The molecule has 6 heteroatoms. The predicted octanol–water partition coefficient (Wildman–Crippen LogP) is 3.64. The molecule has 0 fully saturated rings. The SMILES string of the molecule is Cc1cccc(CO)c1-c1c[nH]c(=O)c2cc(OCC(F)F)ccc12. The summed E-state index contributed by atoms with van der Waals surface area (Å²) in [6, 6.07) is 10.3. The number of halogens is 2. The fourth-order valence-corrected chi connectivity index (χ4v) is 2.94. The second-order valence-corrected chi connectivity index (χ2v) is 5.71. The molecule has 2 N–H and O–H groups in total. The lowest BCUT2D eigenvalue weighted by atomic mass is 9.93. The molecule has 0 radical (unpaired) electrons. The van der Waals surface area contributed by atoms with Crippen molar-refractivity contribution in [2.45, 2.75) is 20.0 Å². The molecule has 0 atom stereocenters. The molecule has 0 bridgehead atoms. The predicted molar refractivity (Wildman–Crippen MR) is 92.2 cm³/mol. The Morgan fingerprint density at radius 3 is 2.72 bits per heavy atom. The molecule has 3 aromatic rings. The van der Waals surface area contributed by atoms with Gasteiger partial charge in [0.25, 0.3) is 12.0 Å². The van der Waals surface area contributed by atoms with Gasteiger partial charge in [0.15, 0.2) is 0 Å². The standard InChI is InChI=1S/C19H17F2NO3/c1-11-3-2-4-12(9-23)18(11)16-8-22-19(24)15-7-13(5-6-14(15)16)25-10-17(20)21/h2-8,17,23H,9-10H2,1H3,(H,22,24). The van der Waals surface area contributed by atoms with Gasteiger partial charge in [-0.3, -0.25) is 4.79 Å². The summed E-state index contributed by atoms with van der Waals surface area (Å²) in [6.07, 6.45) is -0.981. The average molecular weight is 345 g/mol. The molecule has 0 saturated carbocycles. The van der Waals surface area contributed by atoms with E-state index < -0.39 is 13.0 Å². The summed E-state index contributed by atoms with van der Waals surface area (Å²) in [4.78, 5) is 14.9. The van der Waals surface area contributed by atoms with Gasteiger partial charge in [-0.25, -0.2) is 8.78 Å². The van der Waals surface area contributed by atoms with E-state index in [0.717, 1.165) is 22.3 Å². The van der Waals surface area contributed by atoms with Crippen LogP contribution < -0.4 is 10.3 Å². The van der Waals surface area contributed by atoms with Crippen molar-refractivity contribution < 1.29 is 18.6 Å². The van der Waals surface area contributed by atoms with Crippen LogP contribution in [-0.4, -0.2) is 23.1 Å². The normalized spacial score (nSPS) is 11.2. The van der Waals surface area contributed by atoms with Gasteiger partial charge >= 0.3 is 0 Å². The topological polar surface area (TPSA) is 62.3 Å².